The molecule has 0 spiro atoms. The molecule has 0 saturated carbocycles. The smallest absolute Gasteiger partial charge is 0.121 e. The van der Waals surface area contributed by atoms with Gasteiger partial charge in [0.25, 0.3) is 0 Å². The fourth-order valence-corrected chi connectivity index (χ4v) is 2.64. The van der Waals surface area contributed by atoms with Crippen LogP contribution in [-0.2, 0) is 0 Å². The van der Waals surface area contributed by atoms with Gasteiger partial charge in [-0.3, -0.25) is 0 Å². The number of benzene rings is 1. The van der Waals surface area contributed by atoms with E-state index in [2.05, 4.69) is 24.4 Å². The molecule has 2 atom stereocenters. The van der Waals surface area contributed by atoms with Crippen LogP contribution in [-0.4, -0.2) is 25.4 Å². The number of aliphatic hydroxyl groups excluding tert-OH is 1. The normalized spacial score (nSPS) is 24.6. The van der Waals surface area contributed by atoms with Gasteiger partial charge in [-0.25, -0.2) is 0 Å². The van der Waals surface area contributed by atoms with E-state index in [1.54, 1.807) is 7.11 Å². The fraction of sp³-hybridized carbons (Fsp3) is 0.571. The topological polar surface area (TPSA) is 41.5 Å². The number of aryl methyl sites for hydroxylation is 1. The fourth-order valence-electron chi connectivity index (χ4n) is 2.64. The summed E-state index contributed by atoms with van der Waals surface area (Å²) in [5.41, 5.74) is 2.40. The molecule has 0 aliphatic carbocycles. The predicted molar refractivity (Wildman–Crippen MR) is 68.3 cm³/mol. The summed E-state index contributed by atoms with van der Waals surface area (Å²) < 4.78 is 5.27. The van der Waals surface area contributed by atoms with Gasteiger partial charge in [0.05, 0.1) is 7.11 Å². The van der Waals surface area contributed by atoms with Gasteiger partial charge < -0.3 is 15.2 Å². The molecule has 1 aromatic carbocycles. The van der Waals surface area contributed by atoms with Crippen molar-refractivity contribution in [2.75, 3.05) is 20.3 Å². The van der Waals surface area contributed by atoms with E-state index in [4.69, 9.17) is 4.74 Å². The van der Waals surface area contributed by atoms with Crippen LogP contribution in [0.1, 0.15) is 30.0 Å². The molecule has 94 valence electrons. The lowest BCUT2D eigenvalue weighted by atomic mass is 9.86. The lowest BCUT2D eigenvalue weighted by Gasteiger charge is -2.32. The standard InChI is InChI=1S/C14H21NO2/c1-10-8-11(5-6-13(10)17-2)14-12(9-16)4-3-7-15-14/h5-6,8,12,14-16H,3-4,7,9H2,1-2H3. The van der Waals surface area contributed by atoms with Crippen molar-refractivity contribution >= 4 is 0 Å². The second kappa shape index (κ2) is 5.52. The van der Waals surface area contributed by atoms with Crippen molar-refractivity contribution in [3.63, 3.8) is 0 Å². The minimum absolute atomic E-state index is 0.253. The van der Waals surface area contributed by atoms with Gasteiger partial charge in [-0.15, -0.1) is 0 Å². The second-order valence-corrected chi connectivity index (χ2v) is 4.75. The molecule has 17 heavy (non-hydrogen) atoms. The quantitative estimate of drug-likeness (QED) is 0.842. The molecule has 1 heterocycles. The molecular weight excluding hydrogens is 214 g/mol. The van der Waals surface area contributed by atoms with Crippen LogP contribution in [0.4, 0.5) is 0 Å². The third-order valence-corrected chi connectivity index (χ3v) is 3.60. The summed E-state index contributed by atoms with van der Waals surface area (Å²) >= 11 is 0. The molecule has 1 aliphatic heterocycles. The Hall–Kier alpha value is -1.06. The van der Waals surface area contributed by atoms with E-state index in [0.29, 0.717) is 5.92 Å². The first-order chi connectivity index (χ1) is 8.26. The van der Waals surface area contributed by atoms with Crippen molar-refractivity contribution < 1.29 is 9.84 Å². The molecule has 2 N–H and O–H groups in total. The number of hydrogen-bond donors (Lipinski definition) is 2. The zero-order chi connectivity index (χ0) is 12.3. The first kappa shape index (κ1) is 12.4. The number of hydrogen-bond acceptors (Lipinski definition) is 3. The molecule has 0 amide bonds. The van der Waals surface area contributed by atoms with Crippen molar-refractivity contribution in [3.8, 4) is 5.75 Å². The Morgan fingerprint density at radius 1 is 1.47 bits per heavy atom. The maximum absolute atomic E-state index is 9.43. The monoisotopic (exact) mass is 235 g/mol. The third-order valence-electron chi connectivity index (χ3n) is 3.60. The number of methoxy groups -OCH3 is 1. The van der Waals surface area contributed by atoms with Gasteiger partial charge >= 0.3 is 0 Å². The summed E-state index contributed by atoms with van der Waals surface area (Å²) in [6, 6.07) is 6.54. The summed E-state index contributed by atoms with van der Waals surface area (Å²) in [7, 11) is 1.69. The van der Waals surface area contributed by atoms with Crippen LogP contribution < -0.4 is 10.1 Å². The van der Waals surface area contributed by atoms with Gasteiger partial charge in [0, 0.05) is 18.6 Å². The highest BCUT2D eigenvalue weighted by Gasteiger charge is 2.25. The van der Waals surface area contributed by atoms with Crippen LogP contribution in [0.25, 0.3) is 0 Å². The SMILES string of the molecule is COc1ccc(C2NCCCC2CO)cc1C. The van der Waals surface area contributed by atoms with Crippen molar-refractivity contribution in [3.05, 3.63) is 29.3 Å². The lowest BCUT2D eigenvalue weighted by molar-refractivity contribution is 0.160. The van der Waals surface area contributed by atoms with E-state index < -0.39 is 0 Å². The van der Waals surface area contributed by atoms with Gasteiger partial charge in [0.2, 0.25) is 0 Å². The van der Waals surface area contributed by atoms with Gasteiger partial charge in [0.15, 0.2) is 0 Å². The average Bonchev–Trinajstić information content (AvgIpc) is 2.38. The predicted octanol–water partition coefficient (Wildman–Crippen LogP) is 2.04. The molecular formula is C14H21NO2. The Labute approximate surface area is 103 Å². The molecule has 0 bridgehead atoms. The molecule has 3 nitrogen and oxygen atoms in total. The van der Waals surface area contributed by atoms with Gasteiger partial charge in [-0.2, -0.15) is 0 Å². The summed E-state index contributed by atoms with van der Waals surface area (Å²) in [5, 5.41) is 12.9. The number of aliphatic hydroxyl groups is 1. The average molecular weight is 235 g/mol. The van der Waals surface area contributed by atoms with Gasteiger partial charge in [0.1, 0.15) is 5.75 Å². The van der Waals surface area contributed by atoms with E-state index in [1.807, 2.05) is 6.07 Å². The molecule has 1 saturated heterocycles. The zero-order valence-electron chi connectivity index (χ0n) is 10.6. The van der Waals surface area contributed by atoms with Crippen molar-refractivity contribution in [2.45, 2.75) is 25.8 Å². The maximum Gasteiger partial charge on any atom is 0.121 e. The Balaban J connectivity index is 2.23. The Kier molecular flexibility index (Phi) is 4.02. The highest BCUT2D eigenvalue weighted by Crippen LogP contribution is 2.31. The van der Waals surface area contributed by atoms with Gasteiger partial charge in [-0.05, 0) is 43.5 Å². The largest absolute Gasteiger partial charge is 0.496 e. The Bertz CT molecular complexity index is 378. The van der Waals surface area contributed by atoms with Crippen LogP contribution in [0.5, 0.6) is 5.75 Å². The van der Waals surface area contributed by atoms with Crippen LogP contribution in [0.15, 0.2) is 18.2 Å². The highest BCUT2D eigenvalue weighted by molar-refractivity contribution is 5.37. The van der Waals surface area contributed by atoms with E-state index in [1.165, 1.54) is 5.56 Å². The molecule has 2 unspecified atom stereocenters. The first-order valence-corrected chi connectivity index (χ1v) is 6.25. The number of ether oxygens (including phenoxy) is 1. The summed E-state index contributed by atoms with van der Waals surface area (Å²) in [6.07, 6.45) is 2.25. The number of rotatable bonds is 3. The maximum atomic E-state index is 9.43. The molecule has 1 aliphatic rings. The number of nitrogens with one attached hydrogen (secondary N) is 1. The second-order valence-electron chi connectivity index (χ2n) is 4.75. The zero-order valence-corrected chi connectivity index (χ0v) is 10.6. The summed E-state index contributed by atoms with van der Waals surface area (Å²) in [5.74, 6) is 1.25. The van der Waals surface area contributed by atoms with E-state index in [0.717, 1.165) is 30.7 Å². The molecule has 2 rings (SSSR count). The van der Waals surface area contributed by atoms with E-state index in [-0.39, 0.29) is 12.6 Å². The first-order valence-electron chi connectivity index (χ1n) is 6.25. The van der Waals surface area contributed by atoms with Crippen molar-refractivity contribution in [1.29, 1.82) is 0 Å². The van der Waals surface area contributed by atoms with Crippen LogP contribution in [0, 0.1) is 12.8 Å². The lowest BCUT2D eigenvalue weighted by Crippen LogP contribution is -2.35. The molecule has 0 radical (unpaired) electrons. The van der Waals surface area contributed by atoms with Crippen LogP contribution in [0.2, 0.25) is 0 Å². The Morgan fingerprint density at radius 2 is 2.29 bits per heavy atom. The van der Waals surface area contributed by atoms with E-state index >= 15 is 0 Å². The van der Waals surface area contributed by atoms with Gasteiger partial charge in [-0.1, -0.05) is 12.1 Å². The summed E-state index contributed by atoms with van der Waals surface area (Å²) in [4.78, 5) is 0. The highest BCUT2D eigenvalue weighted by atomic mass is 16.5. The van der Waals surface area contributed by atoms with E-state index in [9.17, 15) is 5.11 Å². The molecule has 0 aromatic heterocycles. The summed E-state index contributed by atoms with van der Waals surface area (Å²) in [6.45, 7) is 3.34. The molecule has 1 aromatic rings. The van der Waals surface area contributed by atoms with Crippen LogP contribution >= 0.6 is 0 Å². The van der Waals surface area contributed by atoms with Crippen LogP contribution in [0.3, 0.4) is 0 Å². The minimum atomic E-state index is 0.253. The number of piperidine rings is 1. The Morgan fingerprint density at radius 3 is 2.94 bits per heavy atom. The third kappa shape index (κ3) is 2.61. The molecule has 1 fully saturated rings. The molecule has 3 heteroatoms. The minimum Gasteiger partial charge on any atom is -0.496 e. The van der Waals surface area contributed by atoms with Crippen molar-refractivity contribution in [1.82, 2.24) is 5.32 Å². The van der Waals surface area contributed by atoms with Crippen molar-refractivity contribution in [2.24, 2.45) is 5.92 Å².